The van der Waals surface area contributed by atoms with E-state index in [0.29, 0.717) is 12.0 Å². The quantitative estimate of drug-likeness (QED) is 0.625. The Morgan fingerprint density at radius 3 is 2.93 bits per heavy atom. The molecular weight excluding hydrogens is 197 g/mol. The molecule has 0 radical (unpaired) electrons. The summed E-state index contributed by atoms with van der Waals surface area (Å²) in [4.78, 5) is 7.65. The highest BCUT2D eigenvalue weighted by molar-refractivity contribution is 5.43. The van der Waals surface area contributed by atoms with Crippen molar-refractivity contribution in [2.75, 3.05) is 18.0 Å². The van der Waals surface area contributed by atoms with Gasteiger partial charge in [0.15, 0.2) is 0 Å². The van der Waals surface area contributed by atoms with Crippen molar-refractivity contribution in [3.63, 3.8) is 0 Å². The fourth-order valence-electron chi connectivity index (χ4n) is 1.81. The topological polar surface area (TPSA) is 89.8 Å². The first-order chi connectivity index (χ1) is 7.18. The summed E-state index contributed by atoms with van der Waals surface area (Å²) >= 11 is 0. The molecule has 1 saturated heterocycles. The third-order valence-corrected chi connectivity index (χ3v) is 2.58. The number of halogens is 1. The fourth-order valence-corrected chi connectivity index (χ4v) is 1.81. The molecule has 2 rings (SSSR count). The molecule has 5 N–H and O–H groups in total. The van der Waals surface area contributed by atoms with Gasteiger partial charge < -0.3 is 16.8 Å². The fraction of sp³-hybridized carbons (Fsp3) is 0.556. The second-order valence-electron chi connectivity index (χ2n) is 3.66. The SMILES string of the molecule is Nc1ncc(C2NCCCC2F)c(N)n1. The van der Waals surface area contributed by atoms with Crippen molar-refractivity contribution in [3.8, 4) is 0 Å². The van der Waals surface area contributed by atoms with E-state index in [9.17, 15) is 4.39 Å². The Kier molecular flexibility index (Phi) is 2.68. The lowest BCUT2D eigenvalue weighted by atomic mass is 9.97. The van der Waals surface area contributed by atoms with Gasteiger partial charge in [0.2, 0.25) is 5.95 Å². The third kappa shape index (κ3) is 1.99. The molecule has 0 aromatic carbocycles. The van der Waals surface area contributed by atoms with Crippen LogP contribution in [0.2, 0.25) is 0 Å². The van der Waals surface area contributed by atoms with Gasteiger partial charge in [0.1, 0.15) is 12.0 Å². The standard InChI is InChI=1S/C9H14FN5/c10-6-2-1-3-13-7(6)5-4-14-9(12)15-8(5)11/h4,6-7,13H,1-3H2,(H4,11,12,14,15). The lowest BCUT2D eigenvalue weighted by Crippen LogP contribution is -2.36. The van der Waals surface area contributed by atoms with Crippen molar-refractivity contribution < 1.29 is 4.39 Å². The highest BCUT2D eigenvalue weighted by Gasteiger charge is 2.28. The van der Waals surface area contributed by atoms with Crippen molar-refractivity contribution in [1.29, 1.82) is 0 Å². The monoisotopic (exact) mass is 211 g/mol. The van der Waals surface area contributed by atoms with Crippen LogP contribution in [0.1, 0.15) is 24.4 Å². The highest BCUT2D eigenvalue weighted by Crippen LogP contribution is 2.28. The number of hydrogen-bond donors (Lipinski definition) is 3. The molecule has 15 heavy (non-hydrogen) atoms. The van der Waals surface area contributed by atoms with Crippen LogP contribution in [-0.2, 0) is 0 Å². The molecule has 1 aromatic heterocycles. The number of piperidine rings is 1. The zero-order valence-electron chi connectivity index (χ0n) is 8.28. The van der Waals surface area contributed by atoms with Crippen LogP contribution in [0.4, 0.5) is 16.2 Å². The van der Waals surface area contributed by atoms with Gasteiger partial charge in [-0.15, -0.1) is 0 Å². The first-order valence-electron chi connectivity index (χ1n) is 4.94. The van der Waals surface area contributed by atoms with Crippen LogP contribution in [0, 0.1) is 0 Å². The van der Waals surface area contributed by atoms with Crippen LogP contribution in [0.3, 0.4) is 0 Å². The molecule has 0 aliphatic carbocycles. The van der Waals surface area contributed by atoms with Gasteiger partial charge in [-0.2, -0.15) is 4.98 Å². The summed E-state index contributed by atoms with van der Waals surface area (Å²) in [6, 6.07) is -0.403. The normalized spacial score (nSPS) is 26.5. The van der Waals surface area contributed by atoms with E-state index in [-0.39, 0.29) is 11.8 Å². The maximum Gasteiger partial charge on any atom is 0.221 e. The molecule has 1 fully saturated rings. The van der Waals surface area contributed by atoms with E-state index in [4.69, 9.17) is 11.5 Å². The van der Waals surface area contributed by atoms with E-state index in [1.807, 2.05) is 0 Å². The average Bonchev–Trinajstić information content (AvgIpc) is 2.20. The number of nitrogens with one attached hydrogen (secondary N) is 1. The first kappa shape index (κ1) is 10.1. The maximum absolute atomic E-state index is 13.6. The van der Waals surface area contributed by atoms with E-state index in [1.54, 1.807) is 0 Å². The molecule has 6 heteroatoms. The molecule has 0 spiro atoms. The molecular formula is C9H14FN5. The zero-order chi connectivity index (χ0) is 10.8. The summed E-state index contributed by atoms with van der Waals surface area (Å²) in [5.41, 5.74) is 11.6. The average molecular weight is 211 g/mol. The Hall–Kier alpha value is -1.43. The van der Waals surface area contributed by atoms with E-state index in [2.05, 4.69) is 15.3 Å². The van der Waals surface area contributed by atoms with Gasteiger partial charge >= 0.3 is 0 Å². The van der Waals surface area contributed by atoms with Gasteiger partial charge in [-0.25, -0.2) is 9.37 Å². The van der Waals surface area contributed by atoms with Crippen molar-refractivity contribution in [2.45, 2.75) is 25.1 Å². The minimum atomic E-state index is -0.937. The van der Waals surface area contributed by atoms with Gasteiger partial charge in [-0.3, -0.25) is 0 Å². The Labute approximate surface area is 87.1 Å². The Balaban J connectivity index is 2.27. The molecule has 5 nitrogen and oxygen atoms in total. The number of rotatable bonds is 1. The van der Waals surface area contributed by atoms with E-state index in [1.165, 1.54) is 6.20 Å². The van der Waals surface area contributed by atoms with Crippen molar-refractivity contribution in [2.24, 2.45) is 0 Å². The lowest BCUT2D eigenvalue weighted by Gasteiger charge is -2.27. The third-order valence-electron chi connectivity index (χ3n) is 2.58. The maximum atomic E-state index is 13.6. The van der Waals surface area contributed by atoms with Crippen molar-refractivity contribution >= 4 is 11.8 Å². The predicted molar refractivity (Wildman–Crippen MR) is 55.7 cm³/mol. The minimum Gasteiger partial charge on any atom is -0.383 e. The molecule has 2 atom stereocenters. The van der Waals surface area contributed by atoms with Crippen LogP contribution in [-0.4, -0.2) is 22.7 Å². The van der Waals surface area contributed by atoms with Gasteiger partial charge in [0, 0.05) is 11.8 Å². The summed E-state index contributed by atoms with van der Waals surface area (Å²) in [5, 5.41) is 3.07. The van der Waals surface area contributed by atoms with E-state index in [0.717, 1.165) is 13.0 Å². The molecule has 0 bridgehead atoms. The molecule has 2 heterocycles. The number of nitrogen functional groups attached to an aromatic ring is 2. The van der Waals surface area contributed by atoms with Gasteiger partial charge in [-0.1, -0.05) is 0 Å². The number of hydrogen-bond acceptors (Lipinski definition) is 5. The summed E-state index contributed by atoms with van der Waals surface area (Å²) < 4.78 is 13.6. The van der Waals surface area contributed by atoms with E-state index >= 15 is 0 Å². The largest absolute Gasteiger partial charge is 0.383 e. The molecule has 1 aliphatic rings. The first-order valence-corrected chi connectivity index (χ1v) is 4.94. The number of aromatic nitrogens is 2. The number of nitrogens with two attached hydrogens (primary N) is 2. The Bertz CT molecular complexity index is 356. The van der Waals surface area contributed by atoms with Gasteiger partial charge in [-0.05, 0) is 19.4 Å². The smallest absolute Gasteiger partial charge is 0.221 e. The minimum absolute atomic E-state index is 0.113. The molecule has 0 amide bonds. The molecule has 1 aromatic rings. The summed E-state index contributed by atoms with van der Waals surface area (Å²) in [6.07, 6.45) is 1.94. The van der Waals surface area contributed by atoms with Crippen LogP contribution < -0.4 is 16.8 Å². The van der Waals surface area contributed by atoms with Crippen molar-refractivity contribution in [1.82, 2.24) is 15.3 Å². The number of nitrogens with zero attached hydrogens (tertiary/aromatic N) is 2. The van der Waals surface area contributed by atoms with Gasteiger partial charge in [0.25, 0.3) is 0 Å². The lowest BCUT2D eigenvalue weighted by molar-refractivity contribution is 0.201. The zero-order valence-corrected chi connectivity index (χ0v) is 8.28. The van der Waals surface area contributed by atoms with Crippen LogP contribution in [0.25, 0.3) is 0 Å². The molecule has 82 valence electrons. The predicted octanol–water partition coefficient (Wildman–Crippen LogP) is 0.404. The second kappa shape index (κ2) is 3.98. The molecule has 1 aliphatic heterocycles. The molecule has 2 unspecified atom stereocenters. The van der Waals surface area contributed by atoms with Crippen LogP contribution >= 0.6 is 0 Å². The van der Waals surface area contributed by atoms with E-state index < -0.39 is 12.2 Å². The van der Waals surface area contributed by atoms with Crippen LogP contribution in [0.5, 0.6) is 0 Å². The summed E-state index contributed by atoms with van der Waals surface area (Å²) in [6.45, 7) is 0.787. The number of anilines is 2. The van der Waals surface area contributed by atoms with Crippen LogP contribution in [0.15, 0.2) is 6.20 Å². The summed E-state index contributed by atoms with van der Waals surface area (Å²) in [5.74, 6) is 0.368. The second-order valence-corrected chi connectivity index (χ2v) is 3.66. The van der Waals surface area contributed by atoms with Gasteiger partial charge in [0.05, 0.1) is 6.04 Å². The van der Waals surface area contributed by atoms with Crippen molar-refractivity contribution in [3.05, 3.63) is 11.8 Å². The number of alkyl halides is 1. The highest BCUT2D eigenvalue weighted by atomic mass is 19.1. The molecule has 0 saturated carbocycles. The Morgan fingerprint density at radius 2 is 2.27 bits per heavy atom. The Morgan fingerprint density at radius 1 is 1.47 bits per heavy atom. The summed E-state index contributed by atoms with van der Waals surface area (Å²) in [7, 11) is 0.